The second-order valence-electron chi connectivity index (χ2n) is 3.17. The predicted molar refractivity (Wildman–Crippen MR) is 40.7 cm³/mol. The van der Waals surface area contributed by atoms with E-state index in [2.05, 4.69) is 0 Å². The molecule has 0 spiro atoms. The largest absolute Gasteiger partial charge is 1.00 e. The second-order valence-corrected chi connectivity index (χ2v) is 4.11. The van der Waals surface area contributed by atoms with Gasteiger partial charge in [0.2, 0.25) is 0 Å². The standard InChI is InChI=1S/C7H12F2O2S.Na/c8-7(9)4-2-1-3-6(7)5-12(10)11;/h6H,1-5H2,(H,10,11);/q;+1/p-1. The summed E-state index contributed by atoms with van der Waals surface area (Å²) in [4.78, 5) is 0. The Balaban J connectivity index is 0.00000144. The number of alkyl halides is 2. The molecule has 0 N–H and O–H groups in total. The van der Waals surface area contributed by atoms with Crippen molar-refractivity contribution in [3.8, 4) is 0 Å². The summed E-state index contributed by atoms with van der Waals surface area (Å²) < 4.78 is 46.4. The fraction of sp³-hybridized carbons (Fsp3) is 1.00. The van der Waals surface area contributed by atoms with E-state index in [9.17, 15) is 17.5 Å². The van der Waals surface area contributed by atoms with Crippen LogP contribution >= 0.6 is 0 Å². The predicted octanol–water partition coefficient (Wildman–Crippen LogP) is -1.30. The van der Waals surface area contributed by atoms with Gasteiger partial charge in [-0.3, -0.25) is 4.21 Å². The molecule has 0 heterocycles. The van der Waals surface area contributed by atoms with Crippen LogP contribution < -0.4 is 29.6 Å². The van der Waals surface area contributed by atoms with E-state index < -0.39 is 28.7 Å². The van der Waals surface area contributed by atoms with Gasteiger partial charge < -0.3 is 4.55 Å². The van der Waals surface area contributed by atoms with Crippen LogP contribution in [0.5, 0.6) is 0 Å². The SMILES string of the molecule is O=S([O-])CC1CCCCC1(F)F.[Na+]. The maximum atomic E-state index is 13.0. The third-order valence-electron chi connectivity index (χ3n) is 2.25. The Morgan fingerprint density at radius 1 is 1.46 bits per heavy atom. The second kappa shape index (κ2) is 5.75. The minimum absolute atomic E-state index is 0. The van der Waals surface area contributed by atoms with E-state index in [-0.39, 0.29) is 36.0 Å². The van der Waals surface area contributed by atoms with Gasteiger partial charge >= 0.3 is 29.6 Å². The Kier molecular flexibility index (Phi) is 6.18. The van der Waals surface area contributed by atoms with E-state index in [1.54, 1.807) is 0 Å². The van der Waals surface area contributed by atoms with Gasteiger partial charge in [0.1, 0.15) is 0 Å². The summed E-state index contributed by atoms with van der Waals surface area (Å²) in [6, 6.07) is 0. The summed E-state index contributed by atoms with van der Waals surface area (Å²) in [5.41, 5.74) is 0. The quantitative estimate of drug-likeness (QED) is 0.428. The van der Waals surface area contributed by atoms with Gasteiger partial charge in [0, 0.05) is 18.1 Å². The van der Waals surface area contributed by atoms with Gasteiger partial charge in [-0.05, 0) is 12.8 Å². The molecule has 0 aliphatic heterocycles. The van der Waals surface area contributed by atoms with Gasteiger partial charge in [-0.1, -0.05) is 17.5 Å². The van der Waals surface area contributed by atoms with Crippen LogP contribution in [0.4, 0.5) is 8.78 Å². The summed E-state index contributed by atoms with van der Waals surface area (Å²) in [6.07, 6.45) is 1.41. The van der Waals surface area contributed by atoms with E-state index in [0.29, 0.717) is 12.8 Å². The number of hydrogen-bond donors (Lipinski definition) is 0. The van der Waals surface area contributed by atoms with Crippen LogP contribution in [-0.4, -0.2) is 20.4 Å². The topological polar surface area (TPSA) is 40.1 Å². The van der Waals surface area contributed by atoms with Crippen LogP contribution in [0.2, 0.25) is 0 Å². The smallest absolute Gasteiger partial charge is 0.772 e. The molecule has 0 saturated heterocycles. The molecule has 0 radical (unpaired) electrons. The van der Waals surface area contributed by atoms with Gasteiger partial charge in [-0.15, -0.1) is 0 Å². The Labute approximate surface area is 101 Å². The van der Waals surface area contributed by atoms with Gasteiger partial charge in [-0.2, -0.15) is 0 Å². The van der Waals surface area contributed by atoms with Gasteiger partial charge in [0.05, 0.1) is 0 Å². The fourth-order valence-corrected chi connectivity index (χ4v) is 2.28. The molecule has 1 aliphatic rings. The zero-order chi connectivity index (χ0) is 9.19. The zero-order valence-corrected chi connectivity index (χ0v) is 10.4. The molecule has 1 saturated carbocycles. The molecule has 0 aromatic carbocycles. The van der Waals surface area contributed by atoms with Crippen molar-refractivity contribution < 1.29 is 47.1 Å². The first-order valence-electron chi connectivity index (χ1n) is 3.96. The molecule has 2 atom stereocenters. The van der Waals surface area contributed by atoms with Crippen molar-refractivity contribution in [2.45, 2.75) is 31.6 Å². The van der Waals surface area contributed by atoms with E-state index in [1.807, 2.05) is 0 Å². The first-order chi connectivity index (χ1) is 5.52. The summed E-state index contributed by atoms with van der Waals surface area (Å²) >= 11 is -2.34. The summed E-state index contributed by atoms with van der Waals surface area (Å²) in [7, 11) is 0. The molecule has 1 rings (SSSR count). The average molecular weight is 220 g/mol. The van der Waals surface area contributed by atoms with Crippen LogP contribution in [0.25, 0.3) is 0 Å². The molecule has 72 valence electrons. The van der Waals surface area contributed by atoms with Crippen molar-refractivity contribution >= 4 is 11.1 Å². The molecule has 0 bridgehead atoms. The molecule has 2 nitrogen and oxygen atoms in total. The monoisotopic (exact) mass is 220 g/mol. The molecule has 1 aliphatic carbocycles. The third-order valence-corrected chi connectivity index (χ3v) is 2.92. The van der Waals surface area contributed by atoms with Crippen LogP contribution in [0.1, 0.15) is 25.7 Å². The first-order valence-corrected chi connectivity index (χ1v) is 5.20. The summed E-state index contributed by atoms with van der Waals surface area (Å²) in [5, 5.41) is 0. The first kappa shape index (κ1) is 14.0. The molecule has 1 fully saturated rings. The van der Waals surface area contributed by atoms with Crippen molar-refractivity contribution in [3.05, 3.63) is 0 Å². The van der Waals surface area contributed by atoms with Crippen LogP contribution in [0, 0.1) is 5.92 Å². The number of halogens is 2. The van der Waals surface area contributed by atoms with E-state index in [1.165, 1.54) is 0 Å². The Morgan fingerprint density at radius 3 is 2.54 bits per heavy atom. The minimum atomic E-state index is -2.77. The third kappa shape index (κ3) is 4.34. The molecule has 6 heteroatoms. The number of rotatable bonds is 2. The minimum Gasteiger partial charge on any atom is -0.772 e. The van der Waals surface area contributed by atoms with Crippen molar-refractivity contribution in [2.24, 2.45) is 5.92 Å². The normalized spacial score (nSPS) is 29.0. The zero-order valence-electron chi connectivity index (χ0n) is 7.59. The van der Waals surface area contributed by atoms with Gasteiger partial charge in [-0.25, -0.2) is 8.78 Å². The Bertz CT molecular complexity index is 189. The average Bonchev–Trinajstić information content (AvgIpc) is 1.92. The number of hydrogen-bond acceptors (Lipinski definition) is 2. The van der Waals surface area contributed by atoms with E-state index in [0.717, 1.165) is 6.42 Å². The fourth-order valence-electron chi connectivity index (χ4n) is 1.54. The van der Waals surface area contributed by atoms with Gasteiger partial charge in [0.25, 0.3) is 5.92 Å². The van der Waals surface area contributed by atoms with E-state index >= 15 is 0 Å². The molecule has 0 amide bonds. The maximum Gasteiger partial charge on any atom is 1.00 e. The van der Waals surface area contributed by atoms with Crippen molar-refractivity contribution in [2.75, 3.05) is 5.75 Å². The van der Waals surface area contributed by atoms with Crippen LogP contribution in [0.3, 0.4) is 0 Å². The maximum absolute atomic E-state index is 13.0. The van der Waals surface area contributed by atoms with Crippen molar-refractivity contribution in [1.29, 1.82) is 0 Å². The van der Waals surface area contributed by atoms with Crippen molar-refractivity contribution in [3.63, 3.8) is 0 Å². The Hall–Kier alpha value is 0.970. The molecule has 13 heavy (non-hydrogen) atoms. The van der Waals surface area contributed by atoms with E-state index in [4.69, 9.17) is 0 Å². The summed E-state index contributed by atoms with van der Waals surface area (Å²) in [5.74, 6) is -4.12. The molecular weight excluding hydrogens is 209 g/mol. The summed E-state index contributed by atoms with van der Waals surface area (Å²) in [6.45, 7) is 0. The molecule has 0 aromatic rings. The molecule has 2 unspecified atom stereocenters. The van der Waals surface area contributed by atoms with Crippen LogP contribution in [-0.2, 0) is 11.1 Å². The van der Waals surface area contributed by atoms with Crippen molar-refractivity contribution in [1.82, 2.24) is 0 Å². The molecular formula is C7H11F2NaO2S. The Morgan fingerprint density at radius 2 is 2.08 bits per heavy atom. The molecule has 0 aromatic heterocycles. The van der Waals surface area contributed by atoms with Gasteiger partial charge in [0.15, 0.2) is 0 Å². The van der Waals surface area contributed by atoms with Crippen LogP contribution in [0.15, 0.2) is 0 Å².